The first-order valence-corrected chi connectivity index (χ1v) is 5.40. The Morgan fingerprint density at radius 1 is 1.25 bits per heavy atom. The van der Waals surface area contributed by atoms with Crippen molar-refractivity contribution in [1.29, 1.82) is 0 Å². The Hall–Kier alpha value is -1.48. The number of carbonyl (C=O) groups excluding carboxylic acids is 2. The molecule has 0 amide bonds. The zero-order chi connectivity index (χ0) is 11.9. The van der Waals surface area contributed by atoms with Gasteiger partial charge in [-0.1, -0.05) is 32.0 Å². The lowest BCUT2D eigenvalue weighted by atomic mass is 9.95. The van der Waals surface area contributed by atoms with Crippen LogP contribution < -0.4 is 0 Å². The molecule has 1 aromatic rings. The van der Waals surface area contributed by atoms with Crippen LogP contribution in [-0.4, -0.2) is 22.8 Å². The average molecular weight is 218 g/mol. The smallest absolute Gasteiger partial charge is 0.200 e. The van der Waals surface area contributed by atoms with Gasteiger partial charge in [-0.2, -0.15) is 0 Å². The zero-order valence-electron chi connectivity index (χ0n) is 9.36. The highest BCUT2D eigenvalue weighted by Gasteiger charge is 2.38. The fraction of sp³-hybridized carbons (Fsp3) is 0.385. The summed E-state index contributed by atoms with van der Waals surface area (Å²) in [6.45, 7) is 4.11. The van der Waals surface area contributed by atoms with Crippen molar-refractivity contribution >= 4 is 11.6 Å². The molecule has 1 atom stereocenters. The van der Waals surface area contributed by atoms with E-state index in [0.717, 1.165) is 12.0 Å². The van der Waals surface area contributed by atoms with Gasteiger partial charge in [0.1, 0.15) is 0 Å². The molecule has 16 heavy (non-hydrogen) atoms. The summed E-state index contributed by atoms with van der Waals surface area (Å²) in [6.07, 6.45) is -0.738. The summed E-state index contributed by atoms with van der Waals surface area (Å²) in [6, 6.07) is 5.22. The van der Waals surface area contributed by atoms with Gasteiger partial charge in [-0.3, -0.25) is 9.59 Å². The molecular formula is C13H14O3. The third-order valence-electron chi connectivity index (χ3n) is 2.79. The number of ketones is 2. The van der Waals surface area contributed by atoms with Crippen LogP contribution >= 0.6 is 0 Å². The van der Waals surface area contributed by atoms with Crippen molar-refractivity contribution in [2.75, 3.05) is 0 Å². The van der Waals surface area contributed by atoms with Crippen LogP contribution in [0.4, 0.5) is 0 Å². The molecule has 0 fully saturated rings. The number of carbonyl (C=O) groups is 2. The van der Waals surface area contributed by atoms with Gasteiger partial charge in [0.05, 0.1) is 0 Å². The van der Waals surface area contributed by atoms with Crippen molar-refractivity contribution in [3.8, 4) is 0 Å². The van der Waals surface area contributed by atoms with Crippen LogP contribution in [0.1, 0.15) is 40.1 Å². The minimum absolute atomic E-state index is 0.371. The van der Waals surface area contributed by atoms with Crippen LogP contribution in [-0.2, 0) is 6.42 Å². The van der Waals surface area contributed by atoms with Crippen molar-refractivity contribution in [3.63, 3.8) is 0 Å². The first-order chi connectivity index (χ1) is 7.52. The lowest BCUT2D eigenvalue weighted by Gasteiger charge is -2.08. The molecule has 0 saturated heterocycles. The summed E-state index contributed by atoms with van der Waals surface area (Å²) in [5.41, 5.74) is 1.66. The van der Waals surface area contributed by atoms with E-state index in [-0.39, 0.29) is 0 Å². The molecule has 3 heteroatoms. The third kappa shape index (κ3) is 1.57. The van der Waals surface area contributed by atoms with Gasteiger partial charge in [0.25, 0.3) is 0 Å². The molecular weight excluding hydrogens is 204 g/mol. The van der Waals surface area contributed by atoms with Gasteiger partial charge in [-0.15, -0.1) is 0 Å². The maximum atomic E-state index is 11.7. The van der Waals surface area contributed by atoms with Crippen LogP contribution in [0.2, 0.25) is 0 Å². The quantitative estimate of drug-likeness (QED) is 0.767. The van der Waals surface area contributed by atoms with Crippen molar-refractivity contribution in [2.24, 2.45) is 5.92 Å². The molecule has 2 rings (SSSR count). The number of Topliss-reactive ketones (excluding diaryl/α,β-unsaturated/α-hetero) is 2. The molecule has 1 aliphatic carbocycles. The molecule has 3 nitrogen and oxygen atoms in total. The van der Waals surface area contributed by atoms with Crippen LogP contribution in [0.25, 0.3) is 0 Å². The summed E-state index contributed by atoms with van der Waals surface area (Å²) in [5, 5.41) is 9.45. The standard InChI is InChI=1S/C13H14O3/c1-7(2)6-8-4-3-5-9-10(8)12(15)13(16)11(9)14/h3-5,7,13,16H,6H2,1-2H3. The number of benzene rings is 1. The molecule has 1 N–H and O–H groups in total. The molecule has 1 aromatic carbocycles. The number of rotatable bonds is 2. The van der Waals surface area contributed by atoms with E-state index in [9.17, 15) is 14.7 Å². The molecule has 0 radical (unpaired) electrons. The number of aliphatic hydroxyl groups is 1. The van der Waals surface area contributed by atoms with Gasteiger partial charge in [0, 0.05) is 11.1 Å². The number of fused-ring (bicyclic) bond motifs is 1. The lowest BCUT2D eigenvalue weighted by molar-refractivity contribution is 0.0663. The molecule has 0 heterocycles. The van der Waals surface area contributed by atoms with Crippen molar-refractivity contribution < 1.29 is 14.7 Å². The molecule has 1 aliphatic rings. The largest absolute Gasteiger partial charge is 0.377 e. The van der Waals surface area contributed by atoms with Crippen molar-refractivity contribution in [1.82, 2.24) is 0 Å². The summed E-state index contributed by atoms with van der Waals surface area (Å²) < 4.78 is 0. The van der Waals surface area contributed by atoms with E-state index in [1.54, 1.807) is 12.1 Å². The highest BCUT2D eigenvalue weighted by Crippen LogP contribution is 2.27. The molecule has 0 aromatic heterocycles. The van der Waals surface area contributed by atoms with Gasteiger partial charge in [-0.05, 0) is 17.9 Å². The van der Waals surface area contributed by atoms with Gasteiger partial charge in [0.15, 0.2) is 17.7 Å². The fourth-order valence-electron chi connectivity index (χ4n) is 2.11. The van der Waals surface area contributed by atoms with E-state index in [2.05, 4.69) is 13.8 Å². The first kappa shape index (κ1) is 11.0. The topological polar surface area (TPSA) is 54.4 Å². The van der Waals surface area contributed by atoms with Crippen molar-refractivity contribution in [2.45, 2.75) is 26.4 Å². The number of hydrogen-bond donors (Lipinski definition) is 1. The first-order valence-electron chi connectivity index (χ1n) is 5.40. The van der Waals surface area contributed by atoms with Gasteiger partial charge in [-0.25, -0.2) is 0 Å². The maximum Gasteiger partial charge on any atom is 0.200 e. The van der Waals surface area contributed by atoms with E-state index < -0.39 is 17.7 Å². The lowest BCUT2D eigenvalue weighted by Crippen LogP contribution is -2.21. The van der Waals surface area contributed by atoms with Gasteiger partial charge < -0.3 is 5.11 Å². The van der Waals surface area contributed by atoms with Crippen LogP contribution in [0, 0.1) is 5.92 Å². The summed E-state index contributed by atoms with van der Waals surface area (Å²) >= 11 is 0. The summed E-state index contributed by atoms with van der Waals surface area (Å²) in [4.78, 5) is 23.3. The monoisotopic (exact) mass is 218 g/mol. The van der Waals surface area contributed by atoms with Crippen LogP contribution in [0.3, 0.4) is 0 Å². The van der Waals surface area contributed by atoms with E-state index >= 15 is 0 Å². The highest BCUT2D eigenvalue weighted by molar-refractivity contribution is 6.28. The minimum atomic E-state index is -1.48. The maximum absolute atomic E-state index is 11.7. The Labute approximate surface area is 94.1 Å². The Balaban J connectivity index is 2.53. The number of aliphatic hydroxyl groups excluding tert-OH is 1. The third-order valence-corrected chi connectivity index (χ3v) is 2.79. The van der Waals surface area contributed by atoms with Crippen LogP contribution in [0.5, 0.6) is 0 Å². The summed E-state index contributed by atoms with van der Waals surface area (Å²) in [7, 11) is 0. The van der Waals surface area contributed by atoms with Gasteiger partial charge in [0.2, 0.25) is 0 Å². The normalized spacial score (nSPS) is 19.4. The second-order valence-electron chi connectivity index (χ2n) is 4.57. The van der Waals surface area contributed by atoms with Gasteiger partial charge >= 0.3 is 0 Å². The summed E-state index contributed by atoms with van der Waals surface area (Å²) in [5.74, 6) is -0.506. The molecule has 1 unspecified atom stereocenters. The average Bonchev–Trinajstić information content (AvgIpc) is 2.44. The fourth-order valence-corrected chi connectivity index (χ4v) is 2.11. The van der Waals surface area contributed by atoms with Crippen LogP contribution in [0.15, 0.2) is 18.2 Å². The molecule has 0 saturated carbocycles. The zero-order valence-corrected chi connectivity index (χ0v) is 9.36. The van der Waals surface area contributed by atoms with E-state index in [1.807, 2.05) is 6.07 Å². The minimum Gasteiger partial charge on any atom is -0.377 e. The second-order valence-corrected chi connectivity index (χ2v) is 4.57. The van der Waals surface area contributed by atoms with E-state index in [1.165, 1.54) is 0 Å². The molecule has 0 bridgehead atoms. The highest BCUT2D eigenvalue weighted by atomic mass is 16.3. The van der Waals surface area contributed by atoms with Crippen molar-refractivity contribution in [3.05, 3.63) is 34.9 Å². The Bertz CT molecular complexity index is 460. The van der Waals surface area contributed by atoms with E-state index in [0.29, 0.717) is 17.0 Å². The predicted molar refractivity (Wildman–Crippen MR) is 59.7 cm³/mol. The predicted octanol–water partition coefficient (Wildman–Crippen LogP) is 1.62. The second kappa shape index (κ2) is 3.83. The molecule has 0 spiro atoms. The molecule has 84 valence electrons. The SMILES string of the molecule is CC(C)Cc1cccc2c1C(=O)C(O)C2=O. The Kier molecular flexibility index (Phi) is 2.64. The Morgan fingerprint density at radius 3 is 2.56 bits per heavy atom. The molecule has 0 aliphatic heterocycles. The number of hydrogen-bond acceptors (Lipinski definition) is 3. The van der Waals surface area contributed by atoms with E-state index in [4.69, 9.17) is 0 Å². The Morgan fingerprint density at radius 2 is 1.94 bits per heavy atom.